The number of rotatable bonds is 6. The molecular formula is C51H38N2. The molecule has 8 aromatic carbocycles. The Balaban J connectivity index is 0.957. The first-order valence-corrected chi connectivity index (χ1v) is 18.4. The highest BCUT2D eigenvalue weighted by Crippen LogP contribution is 2.50. The number of hydrogen-bond acceptors (Lipinski definition) is 1. The van der Waals surface area contributed by atoms with Crippen LogP contribution in [0.2, 0.25) is 0 Å². The molecule has 2 heteroatoms. The van der Waals surface area contributed by atoms with Gasteiger partial charge in [-0.1, -0.05) is 135 Å². The van der Waals surface area contributed by atoms with Crippen molar-refractivity contribution < 1.29 is 0 Å². The SMILES string of the molecule is CC1(C)c2cc(Nc3ccc(-c4cc(-c5ccccc5)cc(-c5ccccc5)c4)cc3)ccc2-c2ccc(-n3c4ccccc4c4ccccc43)cc21. The van der Waals surface area contributed by atoms with Gasteiger partial charge in [0.15, 0.2) is 0 Å². The summed E-state index contributed by atoms with van der Waals surface area (Å²) in [5.74, 6) is 0. The molecule has 9 aromatic rings. The van der Waals surface area contributed by atoms with Gasteiger partial charge in [-0.3, -0.25) is 0 Å². The molecule has 10 rings (SSSR count). The van der Waals surface area contributed by atoms with Crippen molar-refractivity contribution in [1.82, 2.24) is 4.57 Å². The molecule has 1 aliphatic rings. The van der Waals surface area contributed by atoms with Crippen LogP contribution < -0.4 is 5.32 Å². The minimum atomic E-state index is -0.152. The summed E-state index contributed by atoms with van der Waals surface area (Å²) in [4.78, 5) is 0. The van der Waals surface area contributed by atoms with Crippen LogP contribution in [-0.2, 0) is 5.41 Å². The predicted molar refractivity (Wildman–Crippen MR) is 224 cm³/mol. The standard InChI is InChI=1S/C51H38N2/c1-51(2)47-32-41(25-27-43(47)44-28-26-42(33-48(44)51)53-49-19-11-9-17-45(49)46-18-10-12-20-50(46)53)52-40-23-21-36(22-24-40)39-30-37(34-13-5-3-6-14-34)29-38(31-39)35-15-7-4-8-16-35/h3-33,52H,1-2H3. The van der Waals surface area contributed by atoms with Crippen molar-refractivity contribution in [3.05, 3.63) is 199 Å². The van der Waals surface area contributed by atoms with E-state index in [9.17, 15) is 0 Å². The molecule has 0 saturated carbocycles. The van der Waals surface area contributed by atoms with Crippen LogP contribution in [-0.4, -0.2) is 4.57 Å². The molecule has 0 unspecified atom stereocenters. The first-order chi connectivity index (χ1) is 26.0. The fourth-order valence-electron chi connectivity index (χ4n) is 8.44. The largest absolute Gasteiger partial charge is 0.356 e. The summed E-state index contributed by atoms with van der Waals surface area (Å²) in [6.07, 6.45) is 0. The average Bonchev–Trinajstić information content (AvgIpc) is 3.66. The van der Waals surface area contributed by atoms with E-state index in [1.807, 2.05) is 0 Å². The van der Waals surface area contributed by atoms with E-state index >= 15 is 0 Å². The molecule has 0 spiro atoms. The third kappa shape index (κ3) is 5.26. The number of nitrogens with one attached hydrogen (secondary N) is 1. The second-order valence-electron chi connectivity index (χ2n) is 14.7. The number of anilines is 2. The lowest BCUT2D eigenvalue weighted by molar-refractivity contribution is 0.660. The summed E-state index contributed by atoms with van der Waals surface area (Å²) < 4.78 is 2.42. The van der Waals surface area contributed by atoms with Gasteiger partial charge in [-0.15, -0.1) is 0 Å². The average molecular weight is 679 g/mol. The zero-order valence-corrected chi connectivity index (χ0v) is 29.8. The Hall–Kier alpha value is -6.64. The molecule has 0 amide bonds. The Morgan fingerprint density at radius 2 is 0.830 bits per heavy atom. The minimum absolute atomic E-state index is 0.152. The molecule has 0 aliphatic heterocycles. The molecule has 0 atom stereocenters. The summed E-state index contributed by atoms with van der Waals surface area (Å²) in [6.45, 7) is 4.72. The van der Waals surface area contributed by atoms with Crippen LogP contribution in [0.15, 0.2) is 188 Å². The Bertz CT molecular complexity index is 2700. The van der Waals surface area contributed by atoms with E-state index in [-0.39, 0.29) is 5.41 Å². The van der Waals surface area contributed by atoms with Crippen LogP contribution in [0.25, 0.3) is 72.0 Å². The Kier molecular flexibility index (Phi) is 7.19. The van der Waals surface area contributed by atoms with Crippen LogP contribution >= 0.6 is 0 Å². The van der Waals surface area contributed by atoms with Crippen molar-refractivity contribution in [2.45, 2.75) is 19.3 Å². The summed E-state index contributed by atoms with van der Waals surface area (Å²) in [5.41, 5.74) is 18.3. The number of aromatic nitrogens is 1. The first kappa shape index (κ1) is 31.1. The molecule has 1 N–H and O–H groups in total. The third-order valence-electron chi connectivity index (χ3n) is 11.2. The molecular weight excluding hydrogens is 641 g/mol. The lowest BCUT2D eigenvalue weighted by atomic mass is 9.82. The van der Waals surface area contributed by atoms with Gasteiger partial charge in [0.1, 0.15) is 0 Å². The van der Waals surface area contributed by atoms with E-state index < -0.39 is 0 Å². The number of hydrogen-bond donors (Lipinski definition) is 1. The van der Waals surface area contributed by atoms with Gasteiger partial charge >= 0.3 is 0 Å². The summed E-state index contributed by atoms with van der Waals surface area (Å²) in [5, 5.41) is 6.29. The zero-order valence-electron chi connectivity index (χ0n) is 29.8. The number of benzene rings is 8. The minimum Gasteiger partial charge on any atom is -0.356 e. The van der Waals surface area contributed by atoms with Crippen LogP contribution in [0.5, 0.6) is 0 Å². The van der Waals surface area contributed by atoms with E-state index in [0.29, 0.717) is 0 Å². The Morgan fingerprint density at radius 1 is 0.377 bits per heavy atom. The van der Waals surface area contributed by atoms with Gasteiger partial charge in [0.2, 0.25) is 0 Å². The lowest BCUT2D eigenvalue weighted by Gasteiger charge is -2.23. The molecule has 1 heterocycles. The first-order valence-electron chi connectivity index (χ1n) is 18.4. The molecule has 0 fully saturated rings. The van der Waals surface area contributed by atoms with Gasteiger partial charge in [-0.2, -0.15) is 0 Å². The van der Waals surface area contributed by atoms with Crippen LogP contribution in [0.4, 0.5) is 11.4 Å². The van der Waals surface area contributed by atoms with Crippen molar-refractivity contribution in [2.24, 2.45) is 0 Å². The molecule has 0 radical (unpaired) electrons. The van der Waals surface area contributed by atoms with Gasteiger partial charge < -0.3 is 9.88 Å². The smallest absolute Gasteiger partial charge is 0.0541 e. The Morgan fingerprint density at radius 3 is 1.40 bits per heavy atom. The predicted octanol–water partition coefficient (Wildman–Crippen LogP) is 13.8. The second kappa shape index (κ2) is 12.3. The van der Waals surface area contributed by atoms with Crippen LogP contribution in [0.1, 0.15) is 25.0 Å². The van der Waals surface area contributed by atoms with Gasteiger partial charge in [0.05, 0.1) is 11.0 Å². The fraction of sp³-hybridized carbons (Fsp3) is 0.0588. The highest BCUT2D eigenvalue weighted by atomic mass is 15.0. The zero-order chi connectivity index (χ0) is 35.5. The molecule has 0 saturated heterocycles. The second-order valence-corrected chi connectivity index (χ2v) is 14.7. The summed E-state index contributed by atoms with van der Waals surface area (Å²) >= 11 is 0. The fourth-order valence-corrected chi connectivity index (χ4v) is 8.44. The maximum absolute atomic E-state index is 3.72. The van der Waals surface area contributed by atoms with E-state index in [1.165, 1.54) is 83.1 Å². The van der Waals surface area contributed by atoms with Crippen molar-refractivity contribution in [3.8, 4) is 50.2 Å². The van der Waals surface area contributed by atoms with Gasteiger partial charge in [0.25, 0.3) is 0 Å². The van der Waals surface area contributed by atoms with Crippen molar-refractivity contribution in [2.75, 3.05) is 5.32 Å². The molecule has 53 heavy (non-hydrogen) atoms. The third-order valence-corrected chi connectivity index (χ3v) is 11.2. The monoisotopic (exact) mass is 678 g/mol. The molecule has 2 nitrogen and oxygen atoms in total. The molecule has 252 valence electrons. The molecule has 0 bridgehead atoms. The number of para-hydroxylation sites is 2. The van der Waals surface area contributed by atoms with E-state index in [1.54, 1.807) is 0 Å². The van der Waals surface area contributed by atoms with Gasteiger partial charge in [-0.25, -0.2) is 0 Å². The normalized spacial score (nSPS) is 12.9. The lowest BCUT2D eigenvalue weighted by Crippen LogP contribution is -2.15. The maximum atomic E-state index is 3.72. The summed E-state index contributed by atoms with van der Waals surface area (Å²) in [7, 11) is 0. The van der Waals surface area contributed by atoms with Crippen LogP contribution in [0.3, 0.4) is 0 Å². The van der Waals surface area contributed by atoms with Crippen molar-refractivity contribution >= 4 is 33.2 Å². The highest BCUT2D eigenvalue weighted by Gasteiger charge is 2.36. The quantitative estimate of drug-likeness (QED) is 0.185. The summed E-state index contributed by atoms with van der Waals surface area (Å²) in [6, 6.07) is 68.4. The van der Waals surface area contributed by atoms with Crippen molar-refractivity contribution in [1.29, 1.82) is 0 Å². The highest BCUT2D eigenvalue weighted by molar-refractivity contribution is 6.09. The molecule has 1 aromatic heterocycles. The van der Waals surface area contributed by atoms with E-state index in [4.69, 9.17) is 0 Å². The molecule has 1 aliphatic carbocycles. The van der Waals surface area contributed by atoms with Crippen molar-refractivity contribution in [3.63, 3.8) is 0 Å². The topological polar surface area (TPSA) is 17.0 Å². The number of nitrogens with zero attached hydrogens (tertiary/aromatic N) is 1. The number of fused-ring (bicyclic) bond motifs is 6. The van der Waals surface area contributed by atoms with E-state index in [0.717, 1.165) is 11.4 Å². The Labute approximate surface area is 310 Å². The van der Waals surface area contributed by atoms with E-state index in [2.05, 4.69) is 212 Å². The van der Waals surface area contributed by atoms with Gasteiger partial charge in [-0.05, 0) is 122 Å². The maximum Gasteiger partial charge on any atom is 0.0541 e. The van der Waals surface area contributed by atoms with Crippen LogP contribution in [0, 0.1) is 0 Å². The van der Waals surface area contributed by atoms with Gasteiger partial charge in [0, 0.05) is 33.2 Å².